The molecule has 0 bridgehead atoms. The van der Waals surface area contributed by atoms with Gasteiger partial charge in [-0.05, 0) is 63.6 Å². The fraction of sp³-hybridized carbons (Fsp3) is 0.455. The molecule has 0 saturated carbocycles. The largest absolute Gasteiger partial charge is 0.353 e. The molecule has 28 heavy (non-hydrogen) atoms. The zero-order valence-electron chi connectivity index (χ0n) is 16.5. The summed E-state index contributed by atoms with van der Waals surface area (Å²) in [4.78, 5) is 19.2. The number of likely N-dealkylation sites (tertiary alicyclic amines) is 1. The minimum atomic E-state index is 0.112. The third kappa shape index (κ3) is 4.03. The maximum Gasteiger partial charge on any atom is 0.234 e. The van der Waals surface area contributed by atoms with Crippen molar-refractivity contribution in [2.45, 2.75) is 19.4 Å². The first-order valence-electron chi connectivity index (χ1n) is 10.2. The lowest BCUT2D eigenvalue weighted by atomic mass is 9.97. The van der Waals surface area contributed by atoms with Gasteiger partial charge in [0.2, 0.25) is 5.91 Å². The molecule has 0 spiro atoms. The van der Waals surface area contributed by atoms with Crippen molar-refractivity contribution in [1.29, 1.82) is 0 Å². The van der Waals surface area contributed by atoms with E-state index in [9.17, 15) is 4.79 Å². The lowest BCUT2D eigenvalue weighted by molar-refractivity contribution is -0.122. The Hall–Kier alpha value is -2.44. The maximum atomic E-state index is 12.4. The van der Waals surface area contributed by atoms with E-state index in [0.29, 0.717) is 13.1 Å². The van der Waals surface area contributed by atoms with Crippen LogP contribution in [-0.4, -0.2) is 60.1 Å². The van der Waals surface area contributed by atoms with Crippen LogP contribution in [0.4, 0.5) is 0 Å². The second-order valence-corrected chi connectivity index (χ2v) is 7.67. The van der Waals surface area contributed by atoms with Crippen molar-refractivity contribution < 1.29 is 4.79 Å². The summed E-state index contributed by atoms with van der Waals surface area (Å²) in [6, 6.07) is 12.4. The summed E-state index contributed by atoms with van der Waals surface area (Å²) >= 11 is 0. The molecule has 0 atom stereocenters. The van der Waals surface area contributed by atoms with E-state index in [-0.39, 0.29) is 5.91 Å². The fourth-order valence-corrected chi connectivity index (χ4v) is 4.30. The number of rotatable bonds is 7. The number of benzene rings is 1. The number of piperidine rings is 1. The van der Waals surface area contributed by atoms with Gasteiger partial charge in [-0.15, -0.1) is 0 Å². The Morgan fingerprint density at radius 2 is 1.93 bits per heavy atom. The highest BCUT2D eigenvalue weighted by Crippen LogP contribution is 2.26. The number of nitrogens with one attached hydrogen (secondary N) is 2. The SMILES string of the molecule is CNCC1CCN(CC(=O)NCCn2c3ccccc3c3cccnc32)CC1. The molecule has 1 aliphatic rings. The Bertz CT molecular complexity index is 889. The number of hydrogen-bond donors (Lipinski definition) is 2. The third-order valence-corrected chi connectivity index (χ3v) is 5.75. The summed E-state index contributed by atoms with van der Waals surface area (Å²) < 4.78 is 2.20. The first-order valence-corrected chi connectivity index (χ1v) is 10.2. The van der Waals surface area contributed by atoms with Gasteiger partial charge in [0.1, 0.15) is 5.65 Å². The van der Waals surface area contributed by atoms with E-state index in [1.54, 1.807) is 0 Å². The lowest BCUT2D eigenvalue weighted by Gasteiger charge is -2.31. The van der Waals surface area contributed by atoms with Crippen molar-refractivity contribution >= 4 is 27.8 Å². The monoisotopic (exact) mass is 379 g/mol. The molecule has 2 N–H and O–H groups in total. The van der Waals surface area contributed by atoms with Gasteiger partial charge in [-0.25, -0.2) is 4.98 Å². The quantitative estimate of drug-likeness (QED) is 0.661. The summed E-state index contributed by atoms with van der Waals surface area (Å²) in [5, 5.41) is 8.72. The molecule has 1 amide bonds. The molecule has 6 heteroatoms. The number of nitrogens with zero attached hydrogens (tertiary/aromatic N) is 3. The van der Waals surface area contributed by atoms with Crippen LogP contribution >= 0.6 is 0 Å². The van der Waals surface area contributed by atoms with E-state index in [4.69, 9.17) is 0 Å². The van der Waals surface area contributed by atoms with Gasteiger partial charge in [-0.3, -0.25) is 9.69 Å². The molecule has 2 aromatic heterocycles. The van der Waals surface area contributed by atoms with Crippen LogP contribution in [0.3, 0.4) is 0 Å². The number of amides is 1. The fourth-order valence-electron chi connectivity index (χ4n) is 4.30. The molecule has 0 unspecified atom stereocenters. The standard InChI is InChI=1S/C22H29N5O/c1-23-15-17-8-12-26(13-9-17)16-21(28)24-11-14-27-20-7-3-2-5-18(20)19-6-4-10-25-22(19)27/h2-7,10,17,23H,8-9,11-16H2,1H3,(H,24,28). The van der Waals surface area contributed by atoms with Crippen LogP contribution in [0.15, 0.2) is 42.6 Å². The Morgan fingerprint density at radius 1 is 1.14 bits per heavy atom. The highest BCUT2D eigenvalue weighted by atomic mass is 16.2. The van der Waals surface area contributed by atoms with Gasteiger partial charge < -0.3 is 15.2 Å². The summed E-state index contributed by atoms with van der Waals surface area (Å²) in [7, 11) is 2.01. The number of carbonyl (C=O) groups excluding carboxylic acids is 1. The highest BCUT2D eigenvalue weighted by molar-refractivity contribution is 6.06. The smallest absolute Gasteiger partial charge is 0.234 e. The van der Waals surface area contributed by atoms with Gasteiger partial charge in [0.25, 0.3) is 0 Å². The van der Waals surface area contributed by atoms with Gasteiger partial charge in [0, 0.05) is 30.1 Å². The van der Waals surface area contributed by atoms with E-state index in [2.05, 4.69) is 49.4 Å². The molecule has 3 heterocycles. The lowest BCUT2D eigenvalue weighted by Crippen LogP contribution is -2.43. The number of pyridine rings is 1. The zero-order valence-corrected chi connectivity index (χ0v) is 16.5. The summed E-state index contributed by atoms with van der Waals surface area (Å²) in [5.74, 6) is 0.855. The maximum absolute atomic E-state index is 12.4. The van der Waals surface area contributed by atoms with Gasteiger partial charge in [0.15, 0.2) is 0 Å². The number of hydrogen-bond acceptors (Lipinski definition) is 4. The minimum absolute atomic E-state index is 0.112. The average molecular weight is 380 g/mol. The predicted octanol–water partition coefficient (Wildman–Crippen LogP) is 2.24. The van der Waals surface area contributed by atoms with Crippen LogP contribution in [0.2, 0.25) is 0 Å². The van der Waals surface area contributed by atoms with Gasteiger partial charge in [0.05, 0.1) is 12.1 Å². The van der Waals surface area contributed by atoms with Crippen LogP contribution in [0.1, 0.15) is 12.8 Å². The highest BCUT2D eigenvalue weighted by Gasteiger charge is 2.20. The van der Waals surface area contributed by atoms with E-state index in [1.165, 1.54) is 18.2 Å². The topological polar surface area (TPSA) is 62.2 Å². The van der Waals surface area contributed by atoms with Crippen molar-refractivity contribution in [1.82, 2.24) is 25.1 Å². The molecular formula is C22H29N5O. The van der Waals surface area contributed by atoms with Crippen molar-refractivity contribution in [2.24, 2.45) is 5.92 Å². The molecular weight excluding hydrogens is 350 g/mol. The Kier molecular flexibility index (Phi) is 5.88. The van der Waals surface area contributed by atoms with Crippen LogP contribution in [0, 0.1) is 5.92 Å². The molecule has 1 aliphatic heterocycles. The van der Waals surface area contributed by atoms with Gasteiger partial charge in [-0.2, -0.15) is 0 Å². The van der Waals surface area contributed by atoms with Crippen molar-refractivity contribution in [3.05, 3.63) is 42.6 Å². The van der Waals surface area contributed by atoms with E-state index in [1.807, 2.05) is 25.4 Å². The Labute approximate surface area is 165 Å². The van der Waals surface area contributed by atoms with Crippen molar-refractivity contribution in [3.8, 4) is 0 Å². The van der Waals surface area contributed by atoms with Crippen LogP contribution in [0.25, 0.3) is 21.9 Å². The minimum Gasteiger partial charge on any atom is -0.353 e. The van der Waals surface area contributed by atoms with E-state index in [0.717, 1.165) is 48.6 Å². The molecule has 0 radical (unpaired) electrons. The zero-order chi connectivity index (χ0) is 19.3. The van der Waals surface area contributed by atoms with Crippen molar-refractivity contribution in [2.75, 3.05) is 39.8 Å². The summed E-state index contributed by atoms with van der Waals surface area (Å²) in [5.41, 5.74) is 2.14. The molecule has 148 valence electrons. The molecule has 1 fully saturated rings. The number of para-hydroxylation sites is 1. The second-order valence-electron chi connectivity index (χ2n) is 7.67. The van der Waals surface area contributed by atoms with Crippen LogP contribution in [0.5, 0.6) is 0 Å². The van der Waals surface area contributed by atoms with E-state index >= 15 is 0 Å². The molecule has 6 nitrogen and oxygen atoms in total. The van der Waals surface area contributed by atoms with E-state index < -0.39 is 0 Å². The second kappa shape index (κ2) is 8.71. The van der Waals surface area contributed by atoms with Gasteiger partial charge >= 0.3 is 0 Å². The third-order valence-electron chi connectivity index (χ3n) is 5.75. The average Bonchev–Trinajstić information content (AvgIpc) is 3.04. The van der Waals surface area contributed by atoms with Gasteiger partial charge in [-0.1, -0.05) is 18.2 Å². The Balaban J connectivity index is 1.33. The number of carbonyl (C=O) groups is 1. The Morgan fingerprint density at radius 3 is 2.75 bits per heavy atom. The molecule has 1 saturated heterocycles. The number of fused-ring (bicyclic) bond motifs is 3. The molecule has 3 aromatic rings. The van der Waals surface area contributed by atoms with Crippen molar-refractivity contribution in [3.63, 3.8) is 0 Å². The molecule has 4 rings (SSSR count). The molecule has 1 aromatic carbocycles. The summed E-state index contributed by atoms with van der Waals surface area (Å²) in [6.07, 6.45) is 4.16. The normalized spacial score (nSPS) is 16.0. The summed E-state index contributed by atoms with van der Waals surface area (Å²) in [6.45, 7) is 4.92. The first-order chi connectivity index (χ1) is 13.8. The predicted molar refractivity (Wildman–Crippen MR) is 113 cm³/mol. The molecule has 0 aliphatic carbocycles. The number of aromatic nitrogens is 2. The first kappa shape index (κ1) is 18.9. The van der Waals surface area contributed by atoms with Crippen LogP contribution in [-0.2, 0) is 11.3 Å². The van der Waals surface area contributed by atoms with Crippen LogP contribution < -0.4 is 10.6 Å².